The Morgan fingerprint density at radius 2 is 0.803 bits per heavy atom. The second kappa shape index (κ2) is 14.1. The Morgan fingerprint density at radius 3 is 1.56 bits per heavy atom. The first-order chi connectivity index (χ1) is 30.3. The maximum atomic E-state index is 2.55. The molecular weight excluding hydrogens is 737 g/mol. The van der Waals surface area contributed by atoms with E-state index in [2.05, 4.69) is 252 Å². The van der Waals surface area contributed by atoms with Crippen LogP contribution in [-0.2, 0) is 5.41 Å². The van der Waals surface area contributed by atoms with Crippen LogP contribution in [0.1, 0.15) is 22.3 Å². The largest absolute Gasteiger partial charge is 0.310 e. The SMILES string of the molecule is c1ccc(-c2ccccc2-c2ccccc2N(c2cccc3c2-c2ccccc2C32c3ccccc3N(c3ccccc3)c3ccccc32)c2cccc3ccccc23)cc1. The number of hydrogen-bond acceptors (Lipinski definition) is 2. The highest BCUT2D eigenvalue weighted by molar-refractivity contribution is 6.07. The zero-order valence-electron chi connectivity index (χ0n) is 33.5. The maximum Gasteiger partial charge on any atom is 0.0755 e. The van der Waals surface area contributed by atoms with E-state index in [1.165, 1.54) is 77.8 Å². The Labute approximate surface area is 356 Å². The molecule has 1 aliphatic heterocycles. The van der Waals surface area contributed by atoms with Gasteiger partial charge in [0.1, 0.15) is 0 Å². The van der Waals surface area contributed by atoms with Crippen molar-refractivity contribution in [2.24, 2.45) is 0 Å². The molecule has 0 radical (unpaired) electrons. The van der Waals surface area contributed by atoms with Gasteiger partial charge in [-0.1, -0.05) is 200 Å². The van der Waals surface area contributed by atoms with Gasteiger partial charge in [-0.15, -0.1) is 0 Å². The molecule has 286 valence electrons. The number of rotatable bonds is 6. The van der Waals surface area contributed by atoms with Crippen molar-refractivity contribution in [3.8, 4) is 33.4 Å². The minimum atomic E-state index is -0.579. The van der Waals surface area contributed by atoms with E-state index in [1.54, 1.807) is 0 Å². The molecule has 1 aliphatic carbocycles. The Balaban J connectivity index is 1.18. The minimum absolute atomic E-state index is 0.579. The van der Waals surface area contributed by atoms with Crippen molar-refractivity contribution in [3.63, 3.8) is 0 Å². The Morgan fingerprint density at radius 1 is 0.311 bits per heavy atom. The highest BCUT2D eigenvalue weighted by Gasteiger charge is 2.52. The summed E-state index contributed by atoms with van der Waals surface area (Å²) in [6, 6.07) is 89.1. The summed E-state index contributed by atoms with van der Waals surface area (Å²) in [6.45, 7) is 0. The third kappa shape index (κ3) is 5.22. The van der Waals surface area contributed by atoms with Crippen LogP contribution in [0, 0.1) is 0 Å². The molecule has 1 spiro atoms. The molecule has 0 fully saturated rings. The van der Waals surface area contributed by atoms with Gasteiger partial charge in [-0.3, -0.25) is 0 Å². The van der Waals surface area contributed by atoms with Crippen molar-refractivity contribution in [1.29, 1.82) is 0 Å². The fraction of sp³-hybridized carbons (Fsp3) is 0.0169. The minimum Gasteiger partial charge on any atom is -0.310 e. The normalized spacial score (nSPS) is 13.0. The summed E-state index contributed by atoms with van der Waals surface area (Å²) in [4.78, 5) is 4.99. The standard InChI is InChI=1S/C59H40N2/c1-3-21-41(22-4-1)44-27-9-10-29-46(44)47-30-12-16-36-54(47)61(53-39-19-24-42-23-7-8-28-45(42)53)57-40-20-35-52-58(57)48-31-11-13-32-49(48)59(52)50-33-14-17-37-55(50)60(43-25-5-2-6-26-43)56-38-18-15-34-51(56)59/h1-40H. The molecule has 0 amide bonds. The molecule has 0 saturated heterocycles. The van der Waals surface area contributed by atoms with Crippen LogP contribution in [0.25, 0.3) is 44.2 Å². The molecule has 0 aromatic heterocycles. The van der Waals surface area contributed by atoms with Gasteiger partial charge >= 0.3 is 0 Å². The predicted molar refractivity (Wildman–Crippen MR) is 255 cm³/mol. The first kappa shape index (κ1) is 35.0. The van der Waals surface area contributed by atoms with Crippen LogP contribution < -0.4 is 9.80 Å². The summed E-state index contributed by atoms with van der Waals surface area (Å²) in [5.41, 5.74) is 18.7. The lowest BCUT2D eigenvalue weighted by atomic mass is 9.64. The highest BCUT2D eigenvalue weighted by Crippen LogP contribution is 2.65. The van der Waals surface area contributed by atoms with Crippen LogP contribution >= 0.6 is 0 Å². The van der Waals surface area contributed by atoms with Crippen LogP contribution in [0.4, 0.5) is 34.1 Å². The Kier molecular flexibility index (Phi) is 8.11. The summed E-state index contributed by atoms with van der Waals surface area (Å²) >= 11 is 0. The molecule has 0 atom stereocenters. The lowest BCUT2D eigenvalue weighted by Gasteiger charge is -2.45. The van der Waals surface area contributed by atoms with Crippen LogP contribution in [0.3, 0.4) is 0 Å². The van der Waals surface area contributed by atoms with Crippen molar-refractivity contribution in [2.45, 2.75) is 5.41 Å². The van der Waals surface area contributed by atoms with E-state index in [0.717, 1.165) is 22.7 Å². The van der Waals surface area contributed by atoms with Crippen LogP contribution in [0.2, 0.25) is 0 Å². The topological polar surface area (TPSA) is 6.48 Å². The lowest BCUT2D eigenvalue weighted by Crippen LogP contribution is -2.36. The highest BCUT2D eigenvalue weighted by atomic mass is 15.2. The van der Waals surface area contributed by atoms with Gasteiger partial charge in [0.05, 0.1) is 33.9 Å². The van der Waals surface area contributed by atoms with Crippen molar-refractivity contribution >= 4 is 44.9 Å². The third-order valence-corrected chi connectivity index (χ3v) is 12.9. The van der Waals surface area contributed by atoms with E-state index < -0.39 is 5.41 Å². The molecule has 2 aliphatic rings. The van der Waals surface area contributed by atoms with Crippen molar-refractivity contribution < 1.29 is 0 Å². The number of benzene rings is 10. The summed E-state index contributed by atoms with van der Waals surface area (Å²) in [5, 5.41) is 2.40. The average Bonchev–Trinajstić information content (AvgIpc) is 3.64. The van der Waals surface area contributed by atoms with Gasteiger partial charge in [0.25, 0.3) is 0 Å². The summed E-state index contributed by atoms with van der Waals surface area (Å²) in [5.74, 6) is 0. The van der Waals surface area contributed by atoms with Gasteiger partial charge in [0.15, 0.2) is 0 Å². The molecule has 0 unspecified atom stereocenters. The Bertz CT molecular complexity index is 3220. The van der Waals surface area contributed by atoms with Crippen molar-refractivity contribution in [3.05, 3.63) is 265 Å². The quantitative estimate of drug-likeness (QED) is 0.166. The van der Waals surface area contributed by atoms with E-state index in [4.69, 9.17) is 0 Å². The number of fused-ring (bicyclic) bond motifs is 10. The van der Waals surface area contributed by atoms with Gasteiger partial charge in [0.2, 0.25) is 0 Å². The summed E-state index contributed by atoms with van der Waals surface area (Å²) in [7, 11) is 0. The first-order valence-corrected chi connectivity index (χ1v) is 21.1. The Hall–Kier alpha value is -7.94. The second-order valence-electron chi connectivity index (χ2n) is 16.0. The first-order valence-electron chi connectivity index (χ1n) is 21.1. The number of para-hydroxylation sites is 4. The maximum absolute atomic E-state index is 2.55. The molecule has 2 heteroatoms. The monoisotopic (exact) mass is 776 g/mol. The van der Waals surface area contributed by atoms with Crippen LogP contribution in [-0.4, -0.2) is 0 Å². The fourth-order valence-electron chi connectivity index (χ4n) is 10.5. The van der Waals surface area contributed by atoms with E-state index >= 15 is 0 Å². The van der Waals surface area contributed by atoms with E-state index in [1.807, 2.05) is 0 Å². The van der Waals surface area contributed by atoms with E-state index in [0.29, 0.717) is 0 Å². The number of nitrogens with zero attached hydrogens (tertiary/aromatic N) is 2. The zero-order valence-corrected chi connectivity index (χ0v) is 33.5. The van der Waals surface area contributed by atoms with Gasteiger partial charge in [-0.25, -0.2) is 0 Å². The smallest absolute Gasteiger partial charge is 0.0755 e. The van der Waals surface area contributed by atoms with Crippen molar-refractivity contribution in [1.82, 2.24) is 0 Å². The van der Waals surface area contributed by atoms with E-state index in [-0.39, 0.29) is 0 Å². The average molecular weight is 777 g/mol. The van der Waals surface area contributed by atoms with Gasteiger partial charge < -0.3 is 9.80 Å². The molecule has 0 saturated carbocycles. The second-order valence-corrected chi connectivity index (χ2v) is 16.0. The number of anilines is 6. The van der Waals surface area contributed by atoms with Gasteiger partial charge in [-0.2, -0.15) is 0 Å². The third-order valence-electron chi connectivity index (χ3n) is 12.9. The molecule has 61 heavy (non-hydrogen) atoms. The molecule has 10 aromatic rings. The zero-order chi connectivity index (χ0) is 40.3. The molecule has 2 nitrogen and oxygen atoms in total. The summed E-state index contributed by atoms with van der Waals surface area (Å²) < 4.78 is 0. The molecular formula is C59H40N2. The fourth-order valence-corrected chi connectivity index (χ4v) is 10.5. The van der Waals surface area contributed by atoms with Crippen LogP contribution in [0.5, 0.6) is 0 Å². The van der Waals surface area contributed by atoms with Gasteiger partial charge in [0, 0.05) is 22.2 Å². The molecule has 0 bridgehead atoms. The molecule has 1 heterocycles. The van der Waals surface area contributed by atoms with Gasteiger partial charge in [-0.05, 0) is 92.4 Å². The van der Waals surface area contributed by atoms with E-state index in [9.17, 15) is 0 Å². The van der Waals surface area contributed by atoms with Crippen LogP contribution in [0.15, 0.2) is 243 Å². The molecule has 12 rings (SSSR count). The molecule has 10 aromatic carbocycles. The predicted octanol–water partition coefficient (Wildman–Crippen LogP) is 15.8. The van der Waals surface area contributed by atoms with Crippen molar-refractivity contribution in [2.75, 3.05) is 9.80 Å². The molecule has 0 N–H and O–H groups in total. The lowest BCUT2D eigenvalue weighted by molar-refractivity contribution is 0.752. The summed E-state index contributed by atoms with van der Waals surface area (Å²) in [6.07, 6.45) is 0. The number of hydrogen-bond donors (Lipinski definition) is 0.